The maximum atomic E-state index is 12.4. The fourth-order valence-electron chi connectivity index (χ4n) is 3.77. The number of rotatable bonds is 8. The van der Waals surface area contributed by atoms with E-state index in [1.807, 2.05) is 60.7 Å². The molecule has 2 amide bonds. The molecule has 0 radical (unpaired) electrons. The zero-order valence-electron chi connectivity index (χ0n) is 17.3. The fourth-order valence-corrected chi connectivity index (χ4v) is 6.84. The molecule has 0 spiro atoms. The van der Waals surface area contributed by atoms with Crippen molar-refractivity contribution in [3.63, 3.8) is 0 Å². The van der Waals surface area contributed by atoms with Gasteiger partial charge in [0.2, 0.25) is 0 Å². The van der Waals surface area contributed by atoms with Crippen LogP contribution < -0.4 is 26.9 Å². The van der Waals surface area contributed by atoms with Crippen molar-refractivity contribution in [2.75, 3.05) is 0 Å². The van der Waals surface area contributed by atoms with Crippen molar-refractivity contribution >= 4 is 20.8 Å². The monoisotopic (exact) mass is 568 g/mol. The molecule has 5 atom stereocenters. The third kappa shape index (κ3) is 5.44. The van der Waals surface area contributed by atoms with Gasteiger partial charge in [0, 0.05) is 0 Å². The second-order valence-electron chi connectivity index (χ2n) is 7.58. The van der Waals surface area contributed by atoms with Crippen molar-refractivity contribution in [3.05, 3.63) is 83.4 Å². The summed E-state index contributed by atoms with van der Waals surface area (Å²) in [6.45, 7) is 1.67. The predicted octanol–water partition coefficient (Wildman–Crippen LogP) is 0.0165. The molecule has 1 saturated heterocycles. The summed E-state index contributed by atoms with van der Waals surface area (Å²) < 4.78 is 17.8. The molecular formula is C23H24INO6P-. The predicted molar refractivity (Wildman–Crippen MR) is 115 cm³/mol. The van der Waals surface area contributed by atoms with Crippen LogP contribution in [0.3, 0.4) is 0 Å². The summed E-state index contributed by atoms with van der Waals surface area (Å²) in [4.78, 5) is 33.5. The molecule has 32 heavy (non-hydrogen) atoms. The topological polar surface area (TPSA) is 94.1 Å². The van der Waals surface area contributed by atoms with E-state index in [1.165, 1.54) is 0 Å². The van der Waals surface area contributed by atoms with Gasteiger partial charge in [0.15, 0.2) is 0 Å². The Labute approximate surface area is 199 Å². The third-order valence-corrected chi connectivity index (χ3v) is 8.23. The van der Waals surface area contributed by atoms with Crippen LogP contribution in [0.1, 0.15) is 30.6 Å². The Morgan fingerprint density at radius 2 is 1.72 bits per heavy atom. The summed E-state index contributed by atoms with van der Waals surface area (Å²) >= 11 is -0.981. The number of hydrogen-bond acceptors (Lipinski definition) is 6. The van der Waals surface area contributed by atoms with Crippen LogP contribution in [-0.4, -0.2) is 33.0 Å². The van der Waals surface area contributed by atoms with Crippen molar-refractivity contribution in [2.45, 2.75) is 35.8 Å². The van der Waals surface area contributed by atoms with Crippen LogP contribution >= 0.6 is 9.03 Å². The van der Waals surface area contributed by atoms with Gasteiger partial charge in [-0.05, 0) is 0 Å². The molecule has 2 aromatic carbocycles. The minimum absolute atomic E-state index is 0.247. The molecule has 2 aliphatic heterocycles. The van der Waals surface area contributed by atoms with Gasteiger partial charge in [-0.3, -0.25) is 0 Å². The number of benzene rings is 2. The molecule has 9 heteroatoms. The molecule has 2 aromatic rings. The number of halogens is 1. The van der Waals surface area contributed by atoms with Gasteiger partial charge in [-0.15, -0.1) is 0 Å². The molecule has 4 rings (SSSR count). The van der Waals surface area contributed by atoms with E-state index in [4.69, 9.17) is 12.3 Å². The van der Waals surface area contributed by atoms with Crippen molar-refractivity contribution in [1.82, 2.24) is 5.32 Å². The number of alkyl halides is 1. The number of imide groups is 1. The zero-order chi connectivity index (χ0) is 22.5. The van der Waals surface area contributed by atoms with Gasteiger partial charge < -0.3 is 0 Å². The number of amides is 2. The molecule has 0 aliphatic carbocycles. The van der Waals surface area contributed by atoms with Crippen LogP contribution in [0, 0.1) is 5.92 Å². The molecule has 7 nitrogen and oxygen atoms in total. The average Bonchev–Trinajstić information content (AvgIpc) is 3.20. The van der Waals surface area contributed by atoms with Gasteiger partial charge in [-0.1, -0.05) is 0 Å². The van der Waals surface area contributed by atoms with Crippen LogP contribution in [0.4, 0.5) is 0 Å². The Hall–Kier alpha value is -1.68. The molecule has 0 bridgehead atoms. The maximum absolute atomic E-state index is 12.4. The van der Waals surface area contributed by atoms with E-state index in [2.05, 4.69) is 5.32 Å². The van der Waals surface area contributed by atoms with E-state index in [0.717, 1.165) is 11.1 Å². The van der Waals surface area contributed by atoms with E-state index in [9.17, 15) is 14.5 Å². The summed E-state index contributed by atoms with van der Waals surface area (Å²) in [5.74, 6) is -1.33. The van der Waals surface area contributed by atoms with Gasteiger partial charge in [-0.2, -0.15) is 0 Å². The van der Waals surface area contributed by atoms with Crippen LogP contribution in [0.2, 0.25) is 0 Å². The fraction of sp³-hybridized carbons (Fsp3) is 0.304. The second-order valence-corrected chi connectivity index (χ2v) is 10.2. The molecule has 2 N–H and O–H groups in total. The summed E-state index contributed by atoms with van der Waals surface area (Å²) in [5.41, 5.74) is 2.57. The number of hydrogen-bond donors (Lipinski definition) is 2. The standard InChI is InChI=1S/C23H24INO6P/c1-14-12-17(23(27)25-22(14)26)18-13-19(31-32-28)21(29-18)24-30-20(15-8-4-2-5-9-15)16-10-6-3-7-11-16/h2-12,17-21,28,32H,13H2,1H3,(H,25,26,27)/q-1. The van der Waals surface area contributed by atoms with Gasteiger partial charge in [-0.25, -0.2) is 0 Å². The van der Waals surface area contributed by atoms with Crippen molar-refractivity contribution < 1.29 is 48.4 Å². The van der Waals surface area contributed by atoms with E-state index < -0.39 is 42.7 Å². The quantitative estimate of drug-likeness (QED) is 0.202. The van der Waals surface area contributed by atoms with Crippen molar-refractivity contribution in [1.29, 1.82) is 0 Å². The number of nitrogens with one attached hydrogen (secondary N) is 1. The molecule has 2 heterocycles. The van der Waals surface area contributed by atoms with E-state index in [1.54, 1.807) is 13.0 Å². The van der Waals surface area contributed by atoms with Crippen molar-refractivity contribution in [2.24, 2.45) is 5.92 Å². The Balaban J connectivity index is 1.50. The summed E-state index contributed by atoms with van der Waals surface area (Å²) in [5, 5.41) is 2.37. The number of ether oxygens (including phenoxy) is 1. The normalized spacial score (nSPS) is 26.2. The van der Waals surface area contributed by atoms with Gasteiger partial charge in [0.05, 0.1) is 0 Å². The van der Waals surface area contributed by atoms with Crippen LogP contribution in [0.5, 0.6) is 0 Å². The van der Waals surface area contributed by atoms with Crippen LogP contribution in [-0.2, 0) is 21.9 Å². The van der Waals surface area contributed by atoms with Gasteiger partial charge >= 0.3 is 200 Å². The first kappa shape index (κ1) is 23.5. The first-order chi connectivity index (χ1) is 15.6. The van der Waals surface area contributed by atoms with Gasteiger partial charge in [0.25, 0.3) is 0 Å². The first-order valence-electron chi connectivity index (χ1n) is 10.2. The average molecular weight is 568 g/mol. The first-order valence-corrected chi connectivity index (χ1v) is 13.2. The molecule has 5 unspecified atom stereocenters. The molecule has 0 saturated carbocycles. The molecule has 1 fully saturated rings. The Morgan fingerprint density at radius 1 is 1.09 bits per heavy atom. The van der Waals surface area contributed by atoms with E-state index in [0.29, 0.717) is 12.0 Å². The third-order valence-electron chi connectivity index (χ3n) is 5.43. The SMILES string of the molecule is CC1=CC(C2CC(OPO)C([I-]OC(c3ccccc3)c3ccccc3)O2)C(=O)NC1=O. The van der Waals surface area contributed by atoms with Crippen molar-refractivity contribution in [3.8, 4) is 0 Å². The number of carbonyl (C=O) groups is 2. The Morgan fingerprint density at radius 3 is 2.31 bits per heavy atom. The van der Waals surface area contributed by atoms with Crippen LogP contribution in [0.25, 0.3) is 0 Å². The van der Waals surface area contributed by atoms with E-state index in [-0.39, 0.29) is 28.1 Å². The Kier molecular flexibility index (Phi) is 8.04. The second kappa shape index (κ2) is 11.0. The molecular weight excluding hydrogens is 544 g/mol. The van der Waals surface area contributed by atoms with Crippen LogP contribution in [0.15, 0.2) is 72.3 Å². The minimum atomic E-state index is -0.981. The number of carbonyl (C=O) groups excluding carboxylic acids is 2. The van der Waals surface area contributed by atoms with E-state index >= 15 is 0 Å². The molecule has 2 aliphatic rings. The molecule has 0 aromatic heterocycles. The summed E-state index contributed by atoms with van der Waals surface area (Å²) in [7, 11) is -0.682. The summed E-state index contributed by atoms with van der Waals surface area (Å²) in [6, 6.07) is 20.0. The zero-order valence-corrected chi connectivity index (χ0v) is 20.5. The molecule has 170 valence electrons. The van der Waals surface area contributed by atoms with Gasteiger partial charge in [0.1, 0.15) is 0 Å². The Bertz CT molecular complexity index is 933. The summed E-state index contributed by atoms with van der Waals surface area (Å²) in [6.07, 6.45) is 1.03.